The molecule has 0 radical (unpaired) electrons. The summed E-state index contributed by atoms with van der Waals surface area (Å²) in [5, 5.41) is 9.07. The lowest BCUT2D eigenvalue weighted by Gasteiger charge is -1.98. The fraction of sp³-hybridized carbons (Fsp3) is 0.167. The Bertz CT molecular complexity index is 770. The molecule has 6 nitrogen and oxygen atoms in total. The van der Waals surface area contributed by atoms with E-state index >= 15 is 0 Å². The largest absolute Gasteiger partial charge is 0.497 e. The molecule has 0 saturated carbocycles. The number of rotatable bonds is 2. The van der Waals surface area contributed by atoms with Crippen LogP contribution in [0.4, 0.5) is 0 Å². The molecule has 0 aliphatic rings. The van der Waals surface area contributed by atoms with Crippen molar-refractivity contribution in [1.29, 1.82) is 0 Å². The van der Waals surface area contributed by atoms with Gasteiger partial charge in [-0.1, -0.05) is 0 Å². The lowest BCUT2D eigenvalue weighted by Crippen LogP contribution is -2.03. The van der Waals surface area contributed by atoms with E-state index in [1.54, 1.807) is 29.3 Å². The highest BCUT2D eigenvalue weighted by atomic mass is 16.5. The summed E-state index contributed by atoms with van der Waals surface area (Å²) in [6.45, 7) is 0. The van der Waals surface area contributed by atoms with Gasteiger partial charge in [0.1, 0.15) is 11.4 Å². The molecule has 0 amide bonds. The molecule has 0 unspecified atom stereocenters. The van der Waals surface area contributed by atoms with E-state index in [1.165, 1.54) is 0 Å². The first-order valence-electron chi connectivity index (χ1n) is 5.36. The number of nitrogens with zero attached hydrogens (tertiary/aromatic N) is 3. The Morgan fingerprint density at radius 1 is 1.44 bits per heavy atom. The SMILES string of the molecule is COc1ccc2nc3n(C)c(C(=O)O)cn3c2c1. The lowest BCUT2D eigenvalue weighted by atomic mass is 10.3. The van der Waals surface area contributed by atoms with Gasteiger partial charge in [0.05, 0.1) is 18.1 Å². The second-order valence-corrected chi connectivity index (χ2v) is 4.01. The summed E-state index contributed by atoms with van der Waals surface area (Å²) in [6.07, 6.45) is 1.56. The molecule has 0 aliphatic heterocycles. The third kappa shape index (κ3) is 1.29. The number of hydrogen-bond donors (Lipinski definition) is 1. The summed E-state index contributed by atoms with van der Waals surface area (Å²) in [4.78, 5) is 15.5. The number of aryl methyl sites for hydroxylation is 1. The topological polar surface area (TPSA) is 68.8 Å². The van der Waals surface area contributed by atoms with Gasteiger partial charge in [-0.15, -0.1) is 0 Å². The zero-order valence-corrected chi connectivity index (χ0v) is 9.91. The second-order valence-electron chi connectivity index (χ2n) is 4.01. The predicted octanol–water partition coefficient (Wildman–Crippen LogP) is 1.53. The lowest BCUT2D eigenvalue weighted by molar-refractivity contribution is 0.0687. The standard InChI is InChI=1S/C12H11N3O3/c1-14-10(11(16)17)6-15-9-5-7(18-2)3-4-8(9)13-12(14)15/h3-6H,1-2H3,(H,16,17). The van der Waals surface area contributed by atoms with Crippen LogP contribution in [0.5, 0.6) is 5.75 Å². The number of carboxylic acid groups (broad SMARTS) is 1. The van der Waals surface area contributed by atoms with Crippen LogP contribution in [-0.4, -0.2) is 32.1 Å². The minimum Gasteiger partial charge on any atom is -0.497 e. The average molecular weight is 245 g/mol. The summed E-state index contributed by atoms with van der Waals surface area (Å²) >= 11 is 0. The number of fused-ring (bicyclic) bond motifs is 3. The molecule has 0 aliphatic carbocycles. The fourth-order valence-corrected chi connectivity index (χ4v) is 2.07. The molecule has 1 N–H and O–H groups in total. The number of aromatic carboxylic acids is 1. The number of methoxy groups -OCH3 is 1. The van der Waals surface area contributed by atoms with Gasteiger partial charge in [-0.25, -0.2) is 9.78 Å². The van der Waals surface area contributed by atoms with Crippen LogP contribution < -0.4 is 4.74 Å². The van der Waals surface area contributed by atoms with Gasteiger partial charge in [0, 0.05) is 19.3 Å². The Morgan fingerprint density at radius 3 is 2.89 bits per heavy atom. The van der Waals surface area contributed by atoms with E-state index in [0.717, 1.165) is 11.0 Å². The Kier molecular flexibility index (Phi) is 2.07. The first kappa shape index (κ1) is 10.6. The van der Waals surface area contributed by atoms with Gasteiger partial charge >= 0.3 is 5.97 Å². The predicted molar refractivity (Wildman–Crippen MR) is 65.2 cm³/mol. The second kappa shape index (κ2) is 3.49. The minimum absolute atomic E-state index is 0.196. The molecule has 3 aromatic rings. The molecule has 2 heterocycles. The van der Waals surface area contributed by atoms with Crippen LogP contribution in [0, 0.1) is 0 Å². The maximum Gasteiger partial charge on any atom is 0.354 e. The molecule has 92 valence electrons. The third-order valence-corrected chi connectivity index (χ3v) is 3.01. The summed E-state index contributed by atoms with van der Waals surface area (Å²) in [5.74, 6) is 0.333. The van der Waals surface area contributed by atoms with Gasteiger partial charge in [-0.05, 0) is 12.1 Å². The van der Waals surface area contributed by atoms with Crippen LogP contribution in [0.3, 0.4) is 0 Å². The number of hydrogen-bond acceptors (Lipinski definition) is 3. The first-order chi connectivity index (χ1) is 8.61. The van der Waals surface area contributed by atoms with E-state index in [4.69, 9.17) is 9.84 Å². The van der Waals surface area contributed by atoms with Gasteiger partial charge in [-0.2, -0.15) is 0 Å². The van der Waals surface area contributed by atoms with Crippen molar-refractivity contribution in [3.05, 3.63) is 30.1 Å². The maximum absolute atomic E-state index is 11.1. The molecule has 0 spiro atoms. The Hall–Kier alpha value is -2.50. The van der Waals surface area contributed by atoms with Gasteiger partial charge in [0.2, 0.25) is 5.78 Å². The monoisotopic (exact) mass is 245 g/mol. The van der Waals surface area contributed by atoms with Gasteiger partial charge in [-0.3, -0.25) is 4.40 Å². The average Bonchev–Trinajstić information content (AvgIpc) is 2.86. The van der Waals surface area contributed by atoms with Crippen molar-refractivity contribution in [1.82, 2.24) is 14.0 Å². The summed E-state index contributed by atoms with van der Waals surface area (Å²) < 4.78 is 8.46. The highest BCUT2D eigenvalue weighted by molar-refractivity contribution is 5.89. The zero-order chi connectivity index (χ0) is 12.9. The van der Waals surface area contributed by atoms with Crippen molar-refractivity contribution in [2.45, 2.75) is 0 Å². The molecule has 3 rings (SSSR count). The minimum atomic E-state index is -0.973. The number of ether oxygens (including phenoxy) is 1. The van der Waals surface area contributed by atoms with Crippen molar-refractivity contribution in [3.8, 4) is 5.75 Å². The van der Waals surface area contributed by atoms with Gasteiger partial charge < -0.3 is 14.4 Å². The van der Waals surface area contributed by atoms with E-state index in [1.807, 2.05) is 18.2 Å². The molecule has 2 aromatic heterocycles. The molecule has 0 atom stereocenters. The third-order valence-electron chi connectivity index (χ3n) is 3.01. The summed E-state index contributed by atoms with van der Waals surface area (Å²) in [7, 11) is 3.27. The molecule has 0 fully saturated rings. The molecule has 0 saturated heterocycles. The van der Waals surface area contributed by atoms with Crippen molar-refractivity contribution < 1.29 is 14.6 Å². The number of benzene rings is 1. The summed E-state index contributed by atoms with van der Waals surface area (Å²) in [5.41, 5.74) is 1.83. The van der Waals surface area contributed by atoms with Crippen molar-refractivity contribution >= 4 is 22.8 Å². The quantitative estimate of drug-likeness (QED) is 0.743. The number of imidazole rings is 2. The van der Waals surface area contributed by atoms with Crippen molar-refractivity contribution in [3.63, 3.8) is 0 Å². The number of carboxylic acids is 1. The molecule has 6 heteroatoms. The molecular weight excluding hydrogens is 234 g/mol. The van der Waals surface area contributed by atoms with E-state index in [9.17, 15) is 4.79 Å². The summed E-state index contributed by atoms with van der Waals surface area (Å²) in [6, 6.07) is 5.51. The Balaban J connectivity index is 2.40. The number of aromatic nitrogens is 3. The van der Waals surface area contributed by atoms with Crippen LogP contribution in [0.25, 0.3) is 16.8 Å². The maximum atomic E-state index is 11.1. The van der Waals surface area contributed by atoms with Gasteiger partial charge in [0.15, 0.2) is 0 Å². The fourth-order valence-electron chi connectivity index (χ4n) is 2.07. The normalized spacial score (nSPS) is 11.2. The van der Waals surface area contributed by atoms with Crippen LogP contribution in [-0.2, 0) is 7.05 Å². The highest BCUT2D eigenvalue weighted by Crippen LogP contribution is 2.23. The van der Waals surface area contributed by atoms with E-state index < -0.39 is 5.97 Å². The first-order valence-corrected chi connectivity index (χ1v) is 5.36. The smallest absolute Gasteiger partial charge is 0.354 e. The zero-order valence-electron chi connectivity index (χ0n) is 9.91. The van der Waals surface area contributed by atoms with Crippen LogP contribution in [0.15, 0.2) is 24.4 Å². The van der Waals surface area contributed by atoms with Crippen LogP contribution in [0.2, 0.25) is 0 Å². The van der Waals surface area contributed by atoms with E-state index in [2.05, 4.69) is 4.98 Å². The van der Waals surface area contributed by atoms with Gasteiger partial charge in [0.25, 0.3) is 0 Å². The van der Waals surface area contributed by atoms with E-state index in [0.29, 0.717) is 11.5 Å². The number of carbonyl (C=O) groups is 1. The molecular formula is C12H11N3O3. The molecule has 1 aromatic carbocycles. The molecule has 0 bridgehead atoms. The van der Waals surface area contributed by atoms with Crippen molar-refractivity contribution in [2.24, 2.45) is 7.05 Å². The Morgan fingerprint density at radius 2 is 2.22 bits per heavy atom. The highest BCUT2D eigenvalue weighted by Gasteiger charge is 2.16. The Labute approximate surface area is 102 Å². The van der Waals surface area contributed by atoms with E-state index in [-0.39, 0.29) is 5.69 Å². The van der Waals surface area contributed by atoms with Crippen molar-refractivity contribution in [2.75, 3.05) is 7.11 Å². The molecule has 18 heavy (non-hydrogen) atoms. The van der Waals surface area contributed by atoms with Crippen LogP contribution in [0.1, 0.15) is 10.5 Å². The van der Waals surface area contributed by atoms with Crippen LogP contribution >= 0.6 is 0 Å².